The van der Waals surface area contributed by atoms with Gasteiger partial charge < -0.3 is 0 Å². The average molecular weight is 1010 g/mol. The Labute approximate surface area is 415 Å². The number of unbranched alkanes of at least 4 members (excludes halogenated alkanes) is 18. The highest BCUT2D eigenvalue weighted by atomic mass is 32.1. The summed E-state index contributed by atoms with van der Waals surface area (Å²) in [5, 5.41) is 0. The first kappa shape index (κ1) is 53.0. The van der Waals surface area contributed by atoms with E-state index in [1.165, 1.54) is 209 Å². The third-order valence-corrected chi connectivity index (χ3v) is 32.8. The summed E-state index contributed by atoms with van der Waals surface area (Å²) in [5.41, 5.74) is 1.58. The highest BCUT2D eigenvalue weighted by Crippen LogP contribution is 2.48. The number of benzene rings is 1. The molecule has 0 spiro atoms. The molecule has 0 unspecified atom stereocenters. The minimum absolute atomic E-state index is 0.290. The smallest absolute Gasteiger partial charge is 0.170 e. The lowest BCUT2D eigenvalue weighted by Gasteiger charge is -2.31. The average Bonchev–Trinajstić information content (AvgIpc) is 4.16. The van der Waals surface area contributed by atoms with Crippen LogP contribution in [0.1, 0.15) is 196 Å². The van der Waals surface area contributed by atoms with Crippen molar-refractivity contribution in [1.29, 1.82) is 0 Å². The summed E-state index contributed by atoms with van der Waals surface area (Å²) in [6, 6.07) is 17.6. The van der Waals surface area contributed by atoms with Crippen LogP contribution in [0, 0.1) is 11.6 Å². The van der Waals surface area contributed by atoms with Crippen LogP contribution in [0.25, 0.3) is 50.7 Å². The molecule has 2 nitrogen and oxygen atoms in total. The van der Waals surface area contributed by atoms with Crippen LogP contribution in [0.2, 0.25) is 36.3 Å². The molecule has 0 amide bonds. The van der Waals surface area contributed by atoms with Crippen molar-refractivity contribution in [3.8, 4) is 20.9 Å². The van der Waals surface area contributed by atoms with E-state index in [1.54, 1.807) is 31.7 Å². The third kappa shape index (κ3) is 13.5. The lowest BCUT2D eigenvalue weighted by molar-refractivity contribution is 0.516. The van der Waals surface area contributed by atoms with Crippen molar-refractivity contribution < 1.29 is 8.78 Å². The number of fused-ring (bicyclic) bond motifs is 3. The van der Waals surface area contributed by atoms with Crippen LogP contribution < -0.4 is 9.00 Å². The lowest BCUT2D eigenvalue weighted by Crippen LogP contribution is -2.45. The highest BCUT2D eigenvalue weighted by Gasteiger charge is 2.38. The lowest BCUT2D eigenvalue weighted by atomic mass is 10.0. The summed E-state index contributed by atoms with van der Waals surface area (Å²) >= 11 is 8.30. The Balaban J connectivity index is 1.33. The van der Waals surface area contributed by atoms with Crippen LogP contribution in [0.3, 0.4) is 0 Å². The van der Waals surface area contributed by atoms with E-state index in [1.807, 2.05) is 22.7 Å². The van der Waals surface area contributed by atoms with Crippen molar-refractivity contribution in [2.45, 2.75) is 232 Å². The maximum atomic E-state index is 16.9. The number of thiophene rings is 4. The Kier molecular flexibility index (Phi) is 22.1. The number of nitrogens with zero attached hydrogens (tertiary/aromatic N) is 2. The van der Waals surface area contributed by atoms with Gasteiger partial charge in [0, 0.05) is 28.6 Å². The van der Waals surface area contributed by atoms with Gasteiger partial charge in [0.1, 0.15) is 11.0 Å². The maximum absolute atomic E-state index is 16.9. The van der Waals surface area contributed by atoms with Crippen LogP contribution >= 0.6 is 57.1 Å². The predicted octanol–water partition coefficient (Wildman–Crippen LogP) is 20.6. The van der Waals surface area contributed by atoms with Crippen molar-refractivity contribution in [3.05, 3.63) is 35.9 Å². The minimum atomic E-state index is -1.74. The molecule has 0 radical (unpaired) electrons. The Bertz CT molecular complexity index is 2020. The zero-order valence-electron chi connectivity index (χ0n) is 41.2. The molecule has 0 saturated heterocycles. The van der Waals surface area contributed by atoms with Gasteiger partial charge in [-0.05, 0) is 33.3 Å². The zero-order valence-corrected chi connectivity index (χ0v) is 47.3. The monoisotopic (exact) mass is 1010 g/mol. The van der Waals surface area contributed by atoms with E-state index >= 15 is 8.78 Å². The first-order valence-electron chi connectivity index (χ1n) is 26.5. The molecule has 0 N–H and O–H groups in total. The molecule has 0 saturated carbocycles. The van der Waals surface area contributed by atoms with Crippen molar-refractivity contribution >= 4 is 112 Å². The van der Waals surface area contributed by atoms with Crippen molar-refractivity contribution in [2.24, 2.45) is 0 Å². The molecule has 0 bridgehead atoms. The van der Waals surface area contributed by atoms with Gasteiger partial charge in [0.25, 0.3) is 0 Å². The molecule has 0 aliphatic rings. The second kappa shape index (κ2) is 27.2. The molecule has 0 aliphatic heterocycles. The van der Waals surface area contributed by atoms with Gasteiger partial charge in [-0.15, -0.1) is 45.3 Å². The van der Waals surface area contributed by atoms with E-state index in [-0.39, 0.29) is 11.1 Å². The Hall–Kier alpha value is -1.35. The van der Waals surface area contributed by atoms with Gasteiger partial charge >= 0.3 is 0 Å². The molecule has 11 heteroatoms. The number of hydrogen-bond donors (Lipinski definition) is 0. The van der Waals surface area contributed by atoms with Crippen molar-refractivity contribution in [2.75, 3.05) is 0 Å². The SMILES string of the molecule is CCCCCC[Si](CCCCCC)(CCCCCC)c1cc2sc(-c3c(F)c(F)c(-c4cc5sc([Si](CCCCCC)(CCCCCC)CCCCCC)cc5s4)c4nsnc34)cc2s1. The molecule has 0 fully saturated rings. The minimum Gasteiger partial charge on any atom is -0.203 e. The Morgan fingerprint density at radius 3 is 0.908 bits per heavy atom. The first-order valence-corrected chi connectivity index (χ1v) is 35.7. The van der Waals surface area contributed by atoms with Crippen LogP contribution in [-0.4, -0.2) is 24.9 Å². The van der Waals surface area contributed by atoms with Gasteiger partial charge in [-0.2, -0.15) is 8.75 Å². The first-order chi connectivity index (χ1) is 31.8. The molecular weight excluding hydrogens is 931 g/mol. The number of rotatable bonds is 34. The molecule has 360 valence electrons. The zero-order chi connectivity index (χ0) is 46.1. The van der Waals surface area contributed by atoms with Gasteiger partial charge in [-0.25, -0.2) is 8.78 Å². The van der Waals surface area contributed by atoms with E-state index in [9.17, 15) is 0 Å². The fourth-order valence-corrected chi connectivity index (χ4v) is 29.5. The van der Waals surface area contributed by atoms with E-state index in [0.29, 0.717) is 11.0 Å². The normalized spacial score (nSPS) is 12.6. The number of hydrogen-bond acceptors (Lipinski definition) is 7. The summed E-state index contributed by atoms with van der Waals surface area (Å²) in [7, 11) is -3.48. The molecule has 5 heterocycles. The van der Waals surface area contributed by atoms with Crippen LogP contribution in [0.4, 0.5) is 8.78 Å². The number of aromatic nitrogens is 2. The van der Waals surface area contributed by atoms with Gasteiger partial charge in [0.2, 0.25) is 0 Å². The van der Waals surface area contributed by atoms with Crippen LogP contribution in [-0.2, 0) is 0 Å². The summed E-state index contributed by atoms with van der Waals surface area (Å²) < 4.78 is 51.4. The van der Waals surface area contributed by atoms with Gasteiger partial charge in [-0.3, -0.25) is 0 Å². The second-order valence-corrected chi connectivity index (χ2v) is 34.5. The van der Waals surface area contributed by atoms with Crippen molar-refractivity contribution in [3.63, 3.8) is 0 Å². The largest absolute Gasteiger partial charge is 0.203 e. The summed E-state index contributed by atoms with van der Waals surface area (Å²) in [6.45, 7) is 13.9. The van der Waals surface area contributed by atoms with E-state index < -0.39 is 27.8 Å². The molecule has 1 aromatic carbocycles. The Morgan fingerprint density at radius 1 is 0.369 bits per heavy atom. The predicted molar refractivity (Wildman–Crippen MR) is 299 cm³/mol. The summed E-state index contributed by atoms with van der Waals surface area (Å²) in [4.78, 5) is 1.55. The van der Waals surface area contributed by atoms with E-state index in [4.69, 9.17) is 8.75 Å². The summed E-state index contributed by atoms with van der Waals surface area (Å²) in [6.07, 6.45) is 31.6. The maximum Gasteiger partial charge on any atom is 0.170 e. The number of halogens is 2. The molecular formula is C54H82F2N2S5Si2. The molecule has 0 atom stereocenters. The van der Waals surface area contributed by atoms with Crippen LogP contribution in [0.15, 0.2) is 24.3 Å². The standard InChI is InChI=1S/C54H82F2N2S5Si2/c1-7-13-19-25-31-64(32-26-20-14-8-2,33-27-21-15-9-3)47-39-43-41(61-47)37-45(59-43)49-51(55)52(56)50(54-53(49)57-63-58-54)46-38-42-44(60-46)40-48(62-42)65(34-28-22-16-10-4,35-29-23-17-11-5)36-30-24-18-12-6/h37-40H,7-36H2,1-6H3. The quantitative estimate of drug-likeness (QED) is 0.0297. The highest BCUT2D eigenvalue weighted by molar-refractivity contribution is 7.37. The van der Waals surface area contributed by atoms with Gasteiger partial charge in [-0.1, -0.05) is 232 Å². The second-order valence-electron chi connectivity index (χ2n) is 19.7. The molecule has 65 heavy (non-hydrogen) atoms. The van der Waals surface area contributed by atoms with Gasteiger partial charge in [0.15, 0.2) is 11.6 Å². The van der Waals surface area contributed by atoms with Crippen LogP contribution in [0.5, 0.6) is 0 Å². The molecule has 6 rings (SSSR count). The van der Waals surface area contributed by atoms with E-state index in [0.717, 1.165) is 21.5 Å². The molecule has 0 aliphatic carbocycles. The fourth-order valence-electron chi connectivity index (χ4n) is 10.7. The Morgan fingerprint density at radius 2 is 0.646 bits per heavy atom. The third-order valence-electron chi connectivity index (χ3n) is 14.6. The molecule has 5 aromatic heterocycles. The van der Waals surface area contributed by atoms with Crippen molar-refractivity contribution in [1.82, 2.24) is 8.75 Å². The summed E-state index contributed by atoms with van der Waals surface area (Å²) in [5.74, 6) is -1.56. The van der Waals surface area contributed by atoms with Gasteiger partial charge in [0.05, 0.1) is 39.0 Å². The fraction of sp³-hybridized carbons (Fsp3) is 0.667. The topological polar surface area (TPSA) is 25.8 Å². The molecule has 6 aromatic rings. The van der Waals surface area contributed by atoms with E-state index in [2.05, 4.69) is 65.8 Å².